The molecular weight excluding hydrogens is 262 g/mol. The van der Waals surface area contributed by atoms with Crippen LogP contribution in [-0.4, -0.2) is 37.0 Å². The minimum absolute atomic E-state index is 0.167. The van der Waals surface area contributed by atoms with Gasteiger partial charge in [-0.3, -0.25) is 4.79 Å². The smallest absolute Gasteiger partial charge is 0.246 e. The van der Waals surface area contributed by atoms with Gasteiger partial charge < -0.3 is 10.2 Å². The number of allylic oxidation sites excluding steroid dienone is 1. The summed E-state index contributed by atoms with van der Waals surface area (Å²) in [7, 11) is 1.74. The molecule has 108 valence electrons. The van der Waals surface area contributed by atoms with Gasteiger partial charge in [-0.1, -0.05) is 0 Å². The van der Waals surface area contributed by atoms with E-state index in [-0.39, 0.29) is 17.5 Å². The van der Waals surface area contributed by atoms with E-state index in [0.29, 0.717) is 5.57 Å². The van der Waals surface area contributed by atoms with E-state index in [1.54, 1.807) is 18.9 Å². The minimum Gasteiger partial charge on any atom is -0.338 e. The SMILES string of the molecule is C/C(=C\C(=O)N(C)C1CCNC1)c1ccc(F)cc1F. The standard InChI is InChI=1S/C15H18F2N2O/c1-10(13-4-3-11(16)8-14(13)17)7-15(20)19(2)12-5-6-18-9-12/h3-4,7-8,12,18H,5-6,9H2,1-2H3/b10-7+. The number of nitrogens with one attached hydrogen (secondary N) is 1. The van der Waals surface area contributed by atoms with Crippen molar-refractivity contribution in [1.82, 2.24) is 10.2 Å². The van der Waals surface area contributed by atoms with E-state index in [9.17, 15) is 13.6 Å². The Morgan fingerprint density at radius 2 is 2.20 bits per heavy atom. The second-order valence-corrected chi connectivity index (χ2v) is 5.05. The molecule has 0 aromatic heterocycles. The lowest BCUT2D eigenvalue weighted by Crippen LogP contribution is -2.37. The van der Waals surface area contributed by atoms with Crippen molar-refractivity contribution in [3.05, 3.63) is 41.5 Å². The second-order valence-electron chi connectivity index (χ2n) is 5.05. The van der Waals surface area contributed by atoms with Gasteiger partial charge in [-0.15, -0.1) is 0 Å². The summed E-state index contributed by atoms with van der Waals surface area (Å²) < 4.78 is 26.5. The molecule has 1 atom stereocenters. The van der Waals surface area contributed by atoms with Crippen molar-refractivity contribution >= 4 is 11.5 Å². The first-order chi connectivity index (χ1) is 9.49. The number of benzene rings is 1. The molecule has 1 aliphatic heterocycles. The zero-order valence-corrected chi connectivity index (χ0v) is 11.6. The molecule has 20 heavy (non-hydrogen) atoms. The Morgan fingerprint density at radius 3 is 2.80 bits per heavy atom. The van der Waals surface area contributed by atoms with E-state index >= 15 is 0 Å². The van der Waals surface area contributed by atoms with Crippen molar-refractivity contribution in [1.29, 1.82) is 0 Å². The molecule has 0 bridgehead atoms. The lowest BCUT2D eigenvalue weighted by Gasteiger charge is -2.22. The fraction of sp³-hybridized carbons (Fsp3) is 0.400. The number of halogens is 2. The number of hydrogen-bond acceptors (Lipinski definition) is 2. The molecule has 1 fully saturated rings. The maximum atomic E-state index is 13.6. The lowest BCUT2D eigenvalue weighted by atomic mass is 10.1. The zero-order valence-electron chi connectivity index (χ0n) is 11.6. The van der Waals surface area contributed by atoms with Crippen molar-refractivity contribution in [3.8, 4) is 0 Å². The molecule has 1 aliphatic rings. The lowest BCUT2D eigenvalue weighted by molar-refractivity contribution is -0.126. The summed E-state index contributed by atoms with van der Waals surface area (Å²) in [6.07, 6.45) is 2.31. The number of likely N-dealkylation sites (N-methyl/N-ethyl adjacent to an activating group) is 1. The van der Waals surface area contributed by atoms with Crippen LogP contribution >= 0.6 is 0 Å². The van der Waals surface area contributed by atoms with Crippen LogP contribution in [0, 0.1) is 11.6 Å². The number of hydrogen-bond donors (Lipinski definition) is 1. The number of carbonyl (C=O) groups is 1. The van der Waals surface area contributed by atoms with E-state index in [0.717, 1.165) is 25.6 Å². The van der Waals surface area contributed by atoms with Crippen LogP contribution in [0.2, 0.25) is 0 Å². The summed E-state index contributed by atoms with van der Waals surface area (Å²) in [5.74, 6) is -1.45. The van der Waals surface area contributed by atoms with E-state index < -0.39 is 11.6 Å². The highest BCUT2D eigenvalue weighted by atomic mass is 19.1. The van der Waals surface area contributed by atoms with Gasteiger partial charge in [0, 0.05) is 37.3 Å². The highest BCUT2D eigenvalue weighted by Gasteiger charge is 2.22. The predicted octanol–water partition coefficient (Wildman–Crippen LogP) is 2.19. The summed E-state index contributed by atoms with van der Waals surface area (Å²) in [4.78, 5) is 13.8. The van der Waals surface area contributed by atoms with Gasteiger partial charge in [0.1, 0.15) is 11.6 Å². The van der Waals surface area contributed by atoms with Gasteiger partial charge in [0.25, 0.3) is 0 Å². The minimum atomic E-state index is -0.656. The largest absolute Gasteiger partial charge is 0.338 e. The topological polar surface area (TPSA) is 32.3 Å². The van der Waals surface area contributed by atoms with Gasteiger partial charge in [-0.25, -0.2) is 8.78 Å². The first-order valence-electron chi connectivity index (χ1n) is 6.60. The van der Waals surface area contributed by atoms with Crippen molar-refractivity contribution in [2.75, 3.05) is 20.1 Å². The normalized spacial score (nSPS) is 19.2. The number of carbonyl (C=O) groups excluding carboxylic acids is 1. The van der Waals surface area contributed by atoms with Gasteiger partial charge >= 0.3 is 0 Å². The second kappa shape index (κ2) is 6.13. The van der Waals surface area contributed by atoms with Crippen LogP contribution in [0.5, 0.6) is 0 Å². The molecule has 1 saturated heterocycles. The van der Waals surface area contributed by atoms with Gasteiger partial charge in [-0.05, 0) is 37.6 Å². The first-order valence-corrected chi connectivity index (χ1v) is 6.60. The van der Waals surface area contributed by atoms with Crippen LogP contribution < -0.4 is 5.32 Å². The average Bonchev–Trinajstić information content (AvgIpc) is 2.91. The van der Waals surface area contributed by atoms with Crippen LogP contribution in [0.25, 0.3) is 5.57 Å². The van der Waals surface area contributed by atoms with E-state index in [1.165, 1.54) is 18.2 Å². The van der Waals surface area contributed by atoms with Crippen LogP contribution in [-0.2, 0) is 4.79 Å². The molecule has 1 aromatic rings. The summed E-state index contributed by atoms with van der Waals surface area (Å²) in [6.45, 7) is 3.33. The molecule has 1 amide bonds. The maximum absolute atomic E-state index is 13.6. The Kier molecular flexibility index (Phi) is 4.49. The number of rotatable bonds is 3. The highest BCUT2D eigenvalue weighted by Crippen LogP contribution is 2.19. The Labute approximate surface area is 117 Å². The number of amides is 1. The molecule has 3 nitrogen and oxygen atoms in total. The molecule has 1 heterocycles. The van der Waals surface area contributed by atoms with Crippen molar-refractivity contribution in [3.63, 3.8) is 0 Å². The van der Waals surface area contributed by atoms with Crippen LogP contribution in [0.1, 0.15) is 18.9 Å². The zero-order chi connectivity index (χ0) is 14.7. The van der Waals surface area contributed by atoms with Crippen molar-refractivity contribution < 1.29 is 13.6 Å². The molecule has 0 saturated carbocycles. The molecule has 0 radical (unpaired) electrons. The molecule has 0 aliphatic carbocycles. The summed E-state index contributed by atoms with van der Waals surface area (Å²) in [5.41, 5.74) is 0.739. The third-order valence-corrected chi connectivity index (χ3v) is 3.63. The fourth-order valence-electron chi connectivity index (χ4n) is 2.32. The molecule has 5 heteroatoms. The van der Waals surface area contributed by atoms with Crippen LogP contribution in [0.4, 0.5) is 8.78 Å². The highest BCUT2D eigenvalue weighted by molar-refractivity contribution is 5.95. The summed E-state index contributed by atoms with van der Waals surface area (Å²) >= 11 is 0. The first kappa shape index (κ1) is 14.7. The Balaban J connectivity index is 2.14. The summed E-state index contributed by atoms with van der Waals surface area (Å²) in [5, 5.41) is 3.19. The van der Waals surface area contributed by atoms with E-state index in [4.69, 9.17) is 0 Å². The van der Waals surface area contributed by atoms with Crippen LogP contribution in [0.15, 0.2) is 24.3 Å². The quantitative estimate of drug-likeness (QED) is 0.861. The molecular formula is C15H18F2N2O. The van der Waals surface area contributed by atoms with E-state index in [1.807, 2.05) is 0 Å². The summed E-state index contributed by atoms with van der Waals surface area (Å²) in [6, 6.07) is 3.53. The molecule has 1 unspecified atom stereocenters. The average molecular weight is 280 g/mol. The van der Waals surface area contributed by atoms with Gasteiger partial charge in [-0.2, -0.15) is 0 Å². The van der Waals surface area contributed by atoms with E-state index in [2.05, 4.69) is 5.32 Å². The molecule has 2 rings (SSSR count). The van der Waals surface area contributed by atoms with Crippen molar-refractivity contribution in [2.45, 2.75) is 19.4 Å². The molecule has 1 N–H and O–H groups in total. The predicted molar refractivity (Wildman–Crippen MR) is 74.1 cm³/mol. The Bertz CT molecular complexity index is 537. The van der Waals surface area contributed by atoms with Crippen molar-refractivity contribution in [2.24, 2.45) is 0 Å². The Morgan fingerprint density at radius 1 is 1.45 bits per heavy atom. The van der Waals surface area contributed by atoms with Gasteiger partial charge in [0.15, 0.2) is 0 Å². The third kappa shape index (κ3) is 3.22. The molecule has 1 aromatic carbocycles. The Hall–Kier alpha value is -1.75. The van der Waals surface area contributed by atoms with Crippen LogP contribution in [0.3, 0.4) is 0 Å². The third-order valence-electron chi connectivity index (χ3n) is 3.63. The maximum Gasteiger partial charge on any atom is 0.246 e. The number of nitrogens with zero attached hydrogens (tertiary/aromatic N) is 1. The van der Waals surface area contributed by atoms with Gasteiger partial charge in [0.05, 0.1) is 0 Å². The molecule has 0 spiro atoms. The van der Waals surface area contributed by atoms with Gasteiger partial charge in [0.2, 0.25) is 5.91 Å². The monoisotopic (exact) mass is 280 g/mol. The fourth-order valence-corrected chi connectivity index (χ4v) is 2.32.